The van der Waals surface area contributed by atoms with Crippen LogP contribution < -0.4 is 9.84 Å². The minimum atomic E-state index is -3.86. The smallest absolute Gasteiger partial charge is 0.284 e. The Balaban J connectivity index is 1.95. The summed E-state index contributed by atoms with van der Waals surface area (Å²) in [6, 6.07) is 21.3. The minimum absolute atomic E-state index is 0.345. The first-order valence-electron chi connectivity index (χ1n) is 9.04. The second-order valence-electron chi connectivity index (χ2n) is 6.93. The Morgan fingerprint density at radius 3 is 2.03 bits per heavy atom. The molecule has 4 rings (SSSR count). The van der Waals surface area contributed by atoms with E-state index >= 15 is 0 Å². The number of aromatic nitrogens is 1. The van der Waals surface area contributed by atoms with E-state index in [0.29, 0.717) is 11.3 Å². The molecule has 0 aliphatic carbocycles. The molecule has 1 aromatic heterocycles. The Morgan fingerprint density at radius 2 is 1.45 bits per heavy atom. The molecular weight excluding hydrogens is 386 g/mol. The van der Waals surface area contributed by atoms with E-state index in [1.54, 1.807) is 19.1 Å². The van der Waals surface area contributed by atoms with Crippen molar-refractivity contribution in [1.29, 1.82) is 0 Å². The number of benzene rings is 3. The third-order valence-corrected chi connectivity index (χ3v) is 5.02. The quantitative estimate of drug-likeness (QED) is 0.481. The topological polar surface area (TPSA) is 65.4 Å². The van der Waals surface area contributed by atoms with Crippen LogP contribution in [-0.4, -0.2) is 19.4 Å². The Kier molecular flexibility index (Phi) is 4.72. The molecule has 3 aromatic carbocycles. The highest BCUT2D eigenvalue weighted by Crippen LogP contribution is 2.30. The fourth-order valence-electron chi connectivity index (χ4n) is 3.44. The highest BCUT2D eigenvalue weighted by molar-refractivity contribution is 7.86. The monoisotopic (exact) mass is 405 g/mol. The first kappa shape index (κ1) is 19.0. The van der Waals surface area contributed by atoms with E-state index in [4.69, 9.17) is 4.28 Å². The van der Waals surface area contributed by atoms with Gasteiger partial charge in [-0.1, -0.05) is 54.6 Å². The van der Waals surface area contributed by atoms with Crippen LogP contribution in [-0.2, 0) is 10.1 Å². The average molecular weight is 405 g/mol. The normalized spacial score (nSPS) is 12.1. The first-order chi connectivity index (χ1) is 13.8. The molecule has 0 saturated carbocycles. The molecule has 0 bridgehead atoms. The zero-order chi connectivity index (χ0) is 20.6. The molecule has 5 nitrogen and oxygen atoms in total. The van der Waals surface area contributed by atoms with E-state index in [0.717, 1.165) is 38.1 Å². The second kappa shape index (κ2) is 7.22. The Labute approximate surface area is 168 Å². The van der Waals surface area contributed by atoms with Crippen LogP contribution >= 0.6 is 0 Å². The van der Waals surface area contributed by atoms with E-state index < -0.39 is 15.7 Å². The molecule has 0 atom stereocenters. The summed E-state index contributed by atoms with van der Waals surface area (Å²) in [5, 5.41) is 4.32. The summed E-state index contributed by atoms with van der Waals surface area (Å²) < 4.78 is 28.9. The number of aryl methyl sites for hydroxylation is 1. The molecule has 0 aliphatic rings. The molecular formula is C23H19NO4S. The van der Waals surface area contributed by atoms with Crippen molar-refractivity contribution in [1.82, 2.24) is 4.73 Å². The summed E-state index contributed by atoms with van der Waals surface area (Å²) in [6.07, 6.45) is 4.50. The molecule has 0 amide bonds. The third kappa shape index (κ3) is 3.93. The van der Waals surface area contributed by atoms with Gasteiger partial charge < -0.3 is 0 Å². The van der Waals surface area contributed by atoms with Crippen LogP contribution in [0.25, 0.3) is 33.7 Å². The number of rotatable bonds is 4. The molecule has 6 heteroatoms. The van der Waals surface area contributed by atoms with Gasteiger partial charge in [0.25, 0.3) is 5.56 Å². The van der Waals surface area contributed by atoms with Gasteiger partial charge in [0.05, 0.1) is 11.9 Å². The summed E-state index contributed by atoms with van der Waals surface area (Å²) in [5.74, 6) is 0. The van der Waals surface area contributed by atoms with Gasteiger partial charge >= 0.3 is 10.1 Å². The molecule has 0 spiro atoms. The fourth-order valence-corrected chi connectivity index (χ4v) is 3.87. The summed E-state index contributed by atoms with van der Waals surface area (Å²) in [6.45, 7) is 1.77. The van der Waals surface area contributed by atoms with Crippen molar-refractivity contribution < 1.29 is 12.7 Å². The Hall–Kier alpha value is -3.38. The summed E-state index contributed by atoms with van der Waals surface area (Å²) in [7, 11) is -3.86. The lowest BCUT2D eigenvalue weighted by atomic mass is 9.96. The first-order valence-corrected chi connectivity index (χ1v) is 10.9. The number of nitrogens with zero attached hydrogens (tertiary/aromatic N) is 1. The van der Waals surface area contributed by atoms with Crippen molar-refractivity contribution in [3.8, 4) is 0 Å². The van der Waals surface area contributed by atoms with Crippen LogP contribution in [0.5, 0.6) is 0 Å². The number of pyridine rings is 1. The zero-order valence-corrected chi connectivity index (χ0v) is 16.8. The predicted octanol–water partition coefficient (Wildman–Crippen LogP) is 4.02. The average Bonchev–Trinajstić information content (AvgIpc) is 2.66. The highest BCUT2D eigenvalue weighted by atomic mass is 32.2. The Bertz CT molecular complexity index is 1380. The molecule has 4 aromatic rings. The number of fused-ring (bicyclic) bond motifs is 2. The van der Waals surface area contributed by atoms with E-state index in [1.165, 1.54) is 6.07 Å². The summed E-state index contributed by atoms with van der Waals surface area (Å²) in [4.78, 5) is 12.3. The molecule has 29 heavy (non-hydrogen) atoms. The second-order valence-corrected chi connectivity index (χ2v) is 8.49. The largest absolute Gasteiger partial charge is 0.324 e. The van der Waals surface area contributed by atoms with E-state index in [2.05, 4.69) is 18.2 Å². The molecule has 146 valence electrons. The van der Waals surface area contributed by atoms with Gasteiger partial charge in [-0.05, 0) is 57.8 Å². The predicted molar refractivity (Wildman–Crippen MR) is 117 cm³/mol. The lowest BCUT2D eigenvalue weighted by Crippen LogP contribution is -2.31. The Morgan fingerprint density at radius 1 is 0.862 bits per heavy atom. The maximum absolute atomic E-state index is 12.3. The summed E-state index contributed by atoms with van der Waals surface area (Å²) in [5.41, 5.74) is 1.50. The molecule has 0 aliphatic heterocycles. The number of hydrogen-bond donors (Lipinski definition) is 0. The van der Waals surface area contributed by atoms with Crippen LogP contribution in [0.1, 0.15) is 16.8 Å². The van der Waals surface area contributed by atoms with Gasteiger partial charge in [0.1, 0.15) is 0 Å². The minimum Gasteiger partial charge on any atom is -0.284 e. The van der Waals surface area contributed by atoms with Gasteiger partial charge in [-0.25, -0.2) is 0 Å². The molecule has 0 N–H and O–H groups in total. The molecule has 0 saturated heterocycles. The molecule has 0 unspecified atom stereocenters. The third-order valence-electron chi connectivity index (χ3n) is 4.60. The van der Waals surface area contributed by atoms with Crippen LogP contribution in [0.4, 0.5) is 0 Å². The fraction of sp³-hybridized carbons (Fsp3) is 0.0870. The molecule has 0 radical (unpaired) electrons. The van der Waals surface area contributed by atoms with Gasteiger partial charge in [-0.2, -0.15) is 8.42 Å². The van der Waals surface area contributed by atoms with E-state index in [9.17, 15) is 13.2 Å². The standard InChI is InChI=1S/C23H19NO4S/c1-16-13-19(24(23(25)14-16)28-29(2,26)27)11-12-22-20-9-5-3-7-17(20)15-18-8-4-6-10-21(18)22/h3-15H,1-2H3. The van der Waals surface area contributed by atoms with Crippen molar-refractivity contribution in [2.45, 2.75) is 6.92 Å². The van der Waals surface area contributed by atoms with Crippen LogP contribution in [0, 0.1) is 6.92 Å². The van der Waals surface area contributed by atoms with Crippen LogP contribution in [0.2, 0.25) is 0 Å². The maximum Gasteiger partial charge on any atom is 0.324 e. The van der Waals surface area contributed by atoms with E-state index in [1.807, 2.05) is 42.5 Å². The van der Waals surface area contributed by atoms with Crippen molar-refractivity contribution in [2.24, 2.45) is 0 Å². The lowest BCUT2D eigenvalue weighted by Gasteiger charge is -2.11. The SMILES string of the molecule is Cc1cc(C=Cc2c3ccccc3cc3ccccc23)n(OS(C)(=O)=O)c(=O)c1. The number of hydrogen-bond acceptors (Lipinski definition) is 4. The van der Waals surface area contributed by atoms with Gasteiger partial charge in [-0.3, -0.25) is 9.08 Å². The van der Waals surface area contributed by atoms with Crippen LogP contribution in [0.3, 0.4) is 0 Å². The van der Waals surface area contributed by atoms with Crippen molar-refractivity contribution in [2.75, 3.05) is 6.26 Å². The molecule has 0 fully saturated rings. The van der Waals surface area contributed by atoms with Gasteiger partial charge in [0, 0.05) is 6.07 Å². The van der Waals surface area contributed by atoms with Crippen LogP contribution in [0.15, 0.2) is 71.5 Å². The van der Waals surface area contributed by atoms with Gasteiger partial charge in [-0.15, -0.1) is 4.73 Å². The van der Waals surface area contributed by atoms with Crippen molar-refractivity contribution >= 4 is 43.8 Å². The van der Waals surface area contributed by atoms with Gasteiger partial charge in [0.15, 0.2) is 0 Å². The van der Waals surface area contributed by atoms with E-state index in [-0.39, 0.29) is 0 Å². The summed E-state index contributed by atoms with van der Waals surface area (Å²) >= 11 is 0. The van der Waals surface area contributed by atoms with Crippen molar-refractivity contribution in [3.63, 3.8) is 0 Å². The lowest BCUT2D eigenvalue weighted by molar-refractivity contribution is 0.267. The maximum atomic E-state index is 12.3. The zero-order valence-electron chi connectivity index (χ0n) is 16.0. The molecule has 1 heterocycles. The van der Waals surface area contributed by atoms with Crippen molar-refractivity contribution in [3.05, 3.63) is 93.9 Å². The highest BCUT2D eigenvalue weighted by Gasteiger charge is 2.11. The van der Waals surface area contributed by atoms with Gasteiger partial charge in [0.2, 0.25) is 0 Å².